The Morgan fingerprint density at radius 2 is 0.681 bits per heavy atom. The number of carbonyl (C=O) groups excluding carboxylic acids is 4. The molecule has 7 saturated heterocycles. The summed E-state index contributed by atoms with van der Waals surface area (Å²) in [6.07, 6.45) is -60.7. The van der Waals surface area contributed by atoms with E-state index in [2.05, 4.69) is 21.3 Å². The second-order valence-electron chi connectivity index (χ2n) is 23.3. The minimum atomic E-state index is -2.21. The standard InChI is InChI=1S/C52H88N4O38/c1-14(64)54-25-32(71)28(67)18(5-58)84-46(25)82-11-23-29(68)35(74)38(77)50(89-23)91-42-20(7-60)86-47(26(33(42)72)55-15(2)65)83-12-24-30(69)36(75)39(78)51(90-24)92-43-21(8-61)87-48(27(34(43)73)56-16(3)66)94-45-31(70)19(6-59)85-52(41(45)80)93-44-22(9-62)88-49(40(79)37(44)76)81-10-17(4-57)53-13-63/h13,17-52,57-62,67-80H,4-12H2,1-3H3,(H,53,63)(H,54,64)(H,55,65)(H,56,66)/t17-,18-,19-,20-,21-,22-,23-,24-,25-,26-,27-,28-,29+,30+,31+,32-,33-,34-,35+,36+,37-,38-,39-,40-,41-,42-,43-,44-,45+,46-,47-,48+,49-,50+,51+,52+/m1/s1. The van der Waals surface area contributed by atoms with Crippen LogP contribution >= 0.6 is 0 Å². The average Bonchev–Trinajstić information content (AvgIpc) is 0.783. The van der Waals surface area contributed by atoms with E-state index in [4.69, 9.17) is 66.3 Å². The van der Waals surface area contributed by atoms with Crippen LogP contribution < -0.4 is 21.3 Å². The first-order chi connectivity index (χ1) is 44.6. The molecule has 7 aliphatic rings. The zero-order valence-corrected chi connectivity index (χ0v) is 50.5. The summed E-state index contributed by atoms with van der Waals surface area (Å²) in [5.74, 6) is -2.43. The summed E-state index contributed by atoms with van der Waals surface area (Å²) in [6, 6.07) is -5.99. The predicted octanol–water partition coefficient (Wildman–Crippen LogP) is -16.7. The van der Waals surface area contributed by atoms with E-state index in [0.29, 0.717) is 0 Å². The number of hydrogen-bond acceptors (Lipinski definition) is 38. The van der Waals surface area contributed by atoms with Crippen molar-refractivity contribution in [2.45, 2.75) is 242 Å². The molecule has 42 nitrogen and oxygen atoms in total. The highest BCUT2D eigenvalue weighted by molar-refractivity contribution is 5.74. The molecule has 7 rings (SSSR count). The van der Waals surface area contributed by atoms with E-state index in [1.807, 2.05) is 0 Å². The van der Waals surface area contributed by atoms with Crippen molar-refractivity contribution in [1.29, 1.82) is 0 Å². The van der Waals surface area contributed by atoms with Crippen molar-refractivity contribution < 1.29 is 188 Å². The van der Waals surface area contributed by atoms with Gasteiger partial charge in [-0.15, -0.1) is 0 Å². The van der Waals surface area contributed by atoms with E-state index in [0.717, 1.165) is 20.8 Å². The molecule has 0 radical (unpaired) electrons. The largest absolute Gasteiger partial charge is 0.394 e. The third kappa shape index (κ3) is 17.9. The van der Waals surface area contributed by atoms with Crippen molar-refractivity contribution >= 4 is 24.1 Å². The van der Waals surface area contributed by atoms with Gasteiger partial charge in [0, 0.05) is 20.8 Å². The average molecular weight is 1380 g/mol. The van der Waals surface area contributed by atoms with E-state index in [-0.39, 0.29) is 6.41 Å². The molecule has 7 aliphatic heterocycles. The first kappa shape index (κ1) is 77.9. The van der Waals surface area contributed by atoms with Crippen molar-refractivity contribution in [3.8, 4) is 0 Å². The first-order valence-corrected chi connectivity index (χ1v) is 29.8. The lowest BCUT2D eigenvalue weighted by atomic mass is 9.94. The van der Waals surface area contributed by atoms with Gasteiger partial charge in [0.2, 0.25) is 24.1 Å². The molecule has 0 bridgehead atoms. The van der Waals surface area contributed by atoms with E-state index >= 15 is 0 Å². The molecule has 0 aromatic rings. The maximum absolute atomic E-state index is 12.7. The third-order valence-corrected chi connectivity index (χ3v) is 16.7. The number of carbonyl (C=O) groups is 4. The van der Waals surface area contributed by atoms with Gasteiger partial charge < -0.3 is 190 Å². The predicted molar refractivity (Wildman–Crippen MR) is 290 cm³/mol. The summed E-state index contributed by atoms with van der Waals surface area (Å²) in [5.41, 5.74) is 0. The Hall–Kier alpha value is -3.48. The molecule has 0 aromatic carbocycles. The molecule has 36 atom stereocenters. The van der Waals surface area contributed by atoms with Gasteiger partial charge >= 0.3 is 0 Å². The fourth-order valence-corrected chi connectivity index (χ4v) is 11.6. The molecule has 0 aliphatic carbocycles. The van der Waals surface area contributed by atoms with Gasteiger partial charge in [0.05, 0.1) is 65.5 Å². The fourth-order valence-electron chi connectivity index (χ4n) is 11.6. The molecule has 42 heteroatoms. The summed E-state index contributed by atoms with van der Waals surface area (Å²) in [5, 5.41) is 226. The highest BCUT2D eigenvalue weighted by Gasteiger charge is 2.58. The summed E-state index contributed by atoms with van der Waals surface area (Å²) in [4.78, 5) is 48.2. The van der Waals surface area contributed by atoms with Crippen molar-refractivity contribution in [1.82, 2.24) is 21.3 Å². The SMILES string of the molecule is CC(=O)N[C@H]1[C@H](OC[C@H]2O[C@@H](O[C@H]3[C@H](O)[C@@H](NC(C)=O)[C@H](O[C@H]4[C@@H](O)[C@@H](CO)O[C@@H](O[C@H]5[C@H](O)[C@@H](O)[C@H](OC[C@@H](CO)NC=O)O[C@@H]5CO)[C@@H]4O)O[C@@H]3CO)[C@H](O)[C@@H](O)[C@H]2O)O[C@H](CO)[C@@H](O[C@@H]2O[C@H](CO[C@@H]3O[C@H](CO)[C@@H](O)[C@H](O)[C@H]3NC(C)=O)[C@H](O)[C@H](O)[C@H]2O)[C@@H]1O. The molecule has 0 saturated carbocycles. The summed E-state index contributed by atoms with van der Waals surface area (Å²) < 4.78 is 80.5. The number of rotatable bonds is 28. The number of aliphatic hydroxyl groups excluding tert-OH is 20. The molecule has 4 amide bonds. The summed E-state index contributed by atoms with van der Waals surface area (Å²) in [6.45, 7) is -4.57. The van der Waals surface area contributed by atoms with Crippen LogP contribution in [0.4, 0.5) is 0 Å². The highest BCUT2D eigenvalue weighted by Crippen LogP contribution is 2.37. The van der Waals surface area contributed by atoms with E-state index < -0.39 is 298 Å². The second kappa shape index (κ2) is 35.0. The monoisotopic (exact) mass is 1380 g/mol. The van der Waals surface area contributed by atoms with Gasteiger partial charge in [0.25, 0.3) is 0 Å². The van der Waals surface area contributed by atoms with Gasteiger partial charge in [0.1, 0.15) is 171 Å². The number of nitrogens with one attached hydrogen (secondary N) is 4. The van der Waals surface area contributed by atoms with Gasteiger partial charge in [-0.05, 0) is 0 Å². The quantitative estimate of drug-likeness (QED) is 0.0324. The van der Waals surface area contributed by atoms with E-state index in [1.54, 1.807) is 0 Å². The molecule has 0 unspecified atom stereocenters. The Bertz CT molecular complexity index is 2370. The number of aliphatic hydroxyl groups is 20. The fraction of sp³-hybridized carbons (Fsp3) is 0.923. The highest BCUT2D eigenvalue weighted by atomic mass is 16.8. The first-order valence-electron chi connectivity index (χ1n) is 29.8. The number of hydrogen-bond donors (Lipinski definition) is 24. The summed E-state index contributed by atoms with van der Waals surface area (Å²) >= 11 is 0. The zero-order valence-electron chi connectivity index (χ0n) is 50.5. The van der Waals surface area contributed by atoms with Crippen molar-refractivity contribution in [2.75, 3.05) is 59.5 Å². The molecule has 7 heterocycles. The van der Waals surface area contributed by atoms with Crippen LogP contribution in [0.25, 0.3) is 0 Å². The van der Waals surface area contributed by atoms with Gasteiger partial charge in [0.15, 0.2) is 44.0 Å². The van der Waals surface area contributed by atoms with Crippen LogP contribution in [-0.2, 0) is 85.5 Å². The molecule has 0 spiro atoms. The molecule has 7 fully saturated rings. The van der Waals surface area contributed by atoms with Crippen LogP contribution in [0.5, 0.6) is 0 Å². The van der Waals surface area contributed by atoms with Gasteiger partial charge in [-0.25, -0.2) is 0 Å². The van der Waals surface area contributed by atoms with Crippen molar-refractivity contribution in [3.05, 3.63) is 0 Å². The van der Waals surface area contributed by atoms with Gasteiger partial charge in [-0.1, -0.05) is 0 Å². The molecular formula is C52H88N4O38. The van der Waals surface area contributed by atoms with Crippen molar-refractivity contribution in [2.24, 2.45) is 0 Å². The Labute approximate surface area is 533 Å². The Balaban J connectivity index is 1.01. The Kier molecular flexibility index (Phi) is 29.0. The van der Waals surface area contributed by atoms with Crippen LogP contribution in [-0.4, -0.2) is 407 Å². The van der Waals surface area contributed by atoms with Crippen LogP contribution in [0.3, 0.4) is 0 Å². The lowest BCUT2D eigenvalue weighted by molar-refractivity contribution is -0.382. The molecule has 544 valence electrons. The maximum Gasteiger partial charge on any atom is 0.217 e. The minimum absolute atomic E-state index is 0.269. The van der Waals surface area contributed by atoms with Gasteiger partial charge in [-0.2, -0.15) is 0 Å². The second-order valence-corrected chi connectivity index (χ2v) is 23.3. The topological polar surface area (TPSA) is 650 Å². The molecule has 94 heavy (non-hydrogen) atoms. The lowest BCUT2D eigenvalue weighted by Crippen LogP contribution is -2.70. The normalized spacial score (nSPS) is 46.4. The van der Waals surface area contributed by atoms with Crippen molar-refractivity contribution in [3.63, 3.8) is 0 Å². The maximum atomic E-state index is 12.7. The van der Waals surface area contributed by atoms with E-state index in [9.17, 15) is 121 Å². The molecule has 24 N–H and O–H groups in total. The third-order valence-electron chi connectivity index (χ3n) is 16.7. The number of ether oxygens (including phenoxy) is 14. The van der Waals surface area contributed by atoms with Gasteiger partial charge in [-0.3, -0.25) is 19.2 Å². The van der Waals surface area contributed by atoms with Crippen LogP contribution in [0.1, 0.15) is 20.8 Å². The summed E-state index contributed by atoms with van der Waals surface area (Å²) in [7, 11) is 0. The lowest BCUT2D eigenvalue weighted by Gasteiger charge is -2.50. The van der Waals surface area contributed by atoms with Crippen LogP contribution in [0.15, 0.2) is 0 Å². The Morgan fingerprint density at radius 3 is 1.11 bits per heavy atom. The molecule has 0 aromatic heterocycles. The van der Waals surface area contributed by atoms with E-state index in [1.165, 1.54) is 0 Å². The van der Waals surface area contributed by atoms with Crippen LogP contribution in [0, 0.1) is 0 Å². The van der Waals surface area contributed by atoms with Crippen LogP contribution in [0.2, 0.25) is 0 Å². The minimum Gasteiger partial charge on any atom is -0.394 e. The zero-order chi connectivity index (χ0) is 69.3. The Morgan fingerprint density at radius 1 is 0.351 bits per heavy atom. The number of amides is 4. The molecular weight excluding hydrogens is 1290 g/mol. The smallest absolute Gasteiger partial charge is 0.217 e.